The molecule has 0 radical (unpaired) electrons. The fourth-order valence-electron chi connectivity index (χ4n) is 3.69. The molecule has 2 rings (SSSR count). The van der Waals surface area contributed by atoms with Gasteiger partial charge in [-0.2, -0.15) is 0 Å². The van der Waals surface area contributed by atoms with Crippen molar-refractivity contribution in [1.82, 2.24) is 10.6 Å². The smallest absolute Gasteiger partial charge is 0.255 e. The Labute approximate surface area is 169 Å². The number of primary amides is 1. The zero-order valence-corrected chi connectivity index (χ0v) is 17.4. The third-order valence-corrected chi connectivity index (χ3v) is 5.35. The van der Waals surface area contributed by atoms with Gasteiger partial charge in [-0.05, 0) is 49.8 Å². The van der Waals surface area contributed by atoms with Crippen molar-refractivity contribution >= 4 is 11.9 Å². The summed E-state index contributed by atoms with van der Waals surface area (Å²) in [5, 5.41) is 6.89. The number of nitrogens with one attached hydrogen (secondary N) is 2. The summed E-state index contributed by atoms with van der Waals surface area (Å²) >= 11 is 0. The zero-order valence-electron chi connectivity index (χ0n) is 17.4. The number of carbonyl (C=O) groups excluding carboxylic acids is 1. The lowest BCUT2D eigenvalue weighted by atomic mass is 9.85. The number of benzene rings is 1. The summed E-state index contributed by atoms with van der Waals surface area (Å²) in [7, 11) is 1.81. The largest absolute Gasteiger partial charge is 0.484 e. The van der Waals surface area contributed by atoms with Gasteiger partial charge in [-0.25, -0.2) is 0 Å². The minimum atomic E-state index is -0.472. The lowest BCUT2D eigenvalue weighted by Crippen LogP contribution is -2.43. The molecule has 1 aromatic carbocycles. The van der Waals surface area contributed by atoms with Crippen LogP contribution < -0.4 is 21.1 Å². The Balaban J connectivity index is 1.65. The van der Waals surface area contributed by atoms with Gasteiger partial charge < -0.3 is 21.1 Å². The average Bonchev–Trinajstić information content (AvgIpc) is 2.71. The second-order valence-electron chi connectivity index (χ2n) is 7.77. The fraction of sp³-hybridized carbons (Fsp3) is 0.636. The van der Waals surface area contributed by atoms with Gasteiger partial charge in [0.05, 0.1) is 0 Å². The van der Waals surface area contributed by atoms with Crippen molar-refractivity contribution in [1.29, 1.82) is 0 Å². The zero-order chi connectivity index (χ0) is 20.2. The van der Waals surface area contributed by atoms with Gasteiger partial charge in [0.1, 0.15) is 5.75 Å². The van der Waals surface area contributed by atoms with Gasteiger partial charge in [0.15, 0.2) is 12.6 Å². The van der Waals surface area contributed by atoms with E-state index in [1.807, 2.05) is 31.3 Å². The van der Waals surface area contributed by atoms with Crippen LogP contribution in [-0.4, -0.2) is 38.1 Å². The Morgan fingerprint density at radius 2 is 1.96 bits per heavy atom. The van der Waals surface area contributed by atoms with Gasteiger partial charge in [-0.1, -0.05) is 44.2 Å². The van der Waals surface area contributed by atoms with E-state index in [1.165, 1.54) is 50.5 Å². The van der Waals surface area contributed by atoms with Gasteiger partial charge in [0, 0.05) is 19.6 Å². The molecular formula is C22H36N4O2. The third-order valence-electron chi connectivity index (χ3n) is 5.35. The maximum Gasteiger partial charge on any atom is 0.255 e. The third kappa shape index (κ3) is 8.63. The predicted octanol–water partition coefficient (Wildman–Crippen LogP) is 3.01. The highest BCUT2D eigenvalue weighted by atomic mass is 16.5. The predicted molar refractivity (Wildman–Crippen MR) is 115 cm³/mol. The summed E-state index contributed by atoms with van der Waals surface area (Å²) in [6, 6.07) is 8.15. The Morgan fingerprint density at radius 3 is 2.61 bits per heavy atom. The summed E-state index contributed by atoms with van der Waals surface area (Å²) in [4.78, 5) is 15.1. The Bertz CT molecular complexity index is 609. The molecule has 1 amide bonds. The van der Waals surface area contributed by atoms with E-state index >= 15 is 0 Å². The topological polar surface area (TPSA) is 88.7 Å². The van der Waals surface area contributed by atoms with Crippen molar-refractivity contribution in [2.45, 2.75) is 64.3 Å². The molecule has 1 unspecified atom stereocenters. The van der Waals surface area contributed by atoms with Crippen molar-refractivity contribution in [3.05, 3.63) is 29.8 Å². The minimum Gasteiger partial charge on any atom is -0.484 e. The summed E-state index contributed by atoms with van der Waals surface area (Å²) in [5.74, 6) is 1.96. The van der Waals surface area contributed by atoms with E-state index in [0.29, 0.717) is 11.8 Å². The van der Waals surface area contributed by atoms with Crippen LogP contribution in [0.15, 0.2) is 29.3 Å². The number of aliphatic imine (C=N–C) groups is 1. The molecule has 1 atom stereocenters. The highest BCUT2D eigenvalue weighted by Gasteiger charge is 2.15. The average molecular weight is 389 g/mol. The van der Waals surface area contributed by atoms with Crippen molar-refractivity contribution in [3.8, 4) is 5.75 Å². The lowest BCUT2D eigenvalue weighted by molar-refractivity contribution is -0.119. The molecular weight excluding hydrogens is 352 g/mol. The summed E-state index contributed by atoms with van der Waals surface area (Å²) in [6.45, 7) is 2.94. The standard InChI is InChI=1S/C22H36N4O2/c1-17(8-9-18-6-4-3-5-7-18)26-22(24-2)25-15-14-19-10-12-20(13-11-19)28-16-21(23)27/h10-13,17-18H,3-9,14-16H2,1-2H3,(H2,23,27)(H2,24,25,26). The van der Waals surface area contributed by atoms with Crippen LogP contribution in [0, 0.1) is 5.92 Å². The van der Waals surface area contributed by atoms with E-state index in [2.05, 4.69) is 22.5 Å². The maximum atomic E-state index is 10.7. The van der Waals surface area contributed by atoms with Crippen LogP contribution in [0.3, 0.4) is 0 Å². The molecule has 1 aliphatic carbocycles. The highest BCUT2D eigenvalue weighted by molar-refractivity contribution is 5.79. The van der Waals surface area contributed by atoms with Gasteiger partial charge >= 0.3 is 0 Å². The second kappa shape index (κ2) is 12.3. The number of nitrogens with two attached hydrogens (primary N) is 1. The molecule has 1 fully saturated rings. The van der Waals surface area contributed by atoms with E-state index in [-0.39, 0.29) is 6.61 Å². The summed E-state index contributed by atoms with van der Waals surface area (Å²) in [6.07, 6.45) is 10.4. The maximum absolute atomic E-state index is 10.7. The first-order valence-electron chi connectivity index (χ1n) is 10.5. The van der Waals surface area contributed by atoms with Crippen molar-refractivity contribution < 1.29 is 9.53 Å². The first kappa shape index (κ1) is 22.1. The van der Waals surface area contributed by atoms with Crippen LogP contribution in [0.2, 0.25) is 0 Å². The molecule has 0 aromatic heterocycles. The van der Waals surface area contributed by atoms with Gasteiger partial charge in [0.25, 0.3) is 5.91 Å². The Kier molecular flexibility index (Phi) is 9.66. The quantitative estimate of drug-likeness (QED) is 0.425. The van der Waals surface area contributed by atoms with Crippen molar-refractivity contribution in [2.75, 3.05) is 20.2 Å². The monoisotopic (exact) mass is 388 g/mol. The molecule has 156 valence electrons. The molecule has 1 aliphatic rings. The number of amides is 1. The molecule has 0 saturated heterocycles. The highest BCUT2D eigenvalue weighted by Crippen LogP contribution is 2.27. The molecule has 4 N–H and O–H groups in total. The van der Waals surface area contributed by atoms with Crippen LogP contribution in [-0.2, 0) is 11.2 Å². The van der Waals surface area contributed by atoms with E-state index < -0.39 is 5.91 Å². The van der Waals surface area contributed by atoms with Crippen LogP contribution in [0.4, 0.5) is 0 Å². The number of rotatable bonds is 10. The van der Waals surface area contributed by atoms with Gasteiger partial charge in [-0.15, -0.1) is 0 Å². The molecule has 28 heavy (non-hydrogen) atoms. The SMILES string of the molecule is CN=C(NCCc1ccc(OCC(N)=O)cc1)NC(C)CCC1CCCCC1. The van der Waals surface area contributed by atoms with Crippen LogP contribution in [0.25, 0.3) is 0 Å². The van der Waals surface area contributed by atoms with Crippen LogP contribution in [0.5, 0.6) is 5.75 Å². The fourth-order valence-corrected chi connectivity index (χ4v) is 3.69. The van der Waals surface area contributed by atoms with Crippen molar-refractivity contribution in [2.24, 2.45) is 16.6 Å². The number of carbonyl (C=O) groups is 1. The van der Waals surface area contributed by atoms with E-state index in [9.17, 15) is 4.79 Å². The lowest BCUT2D eigenvalue weighted by Gasteiger charge is -2.24. The number of guanidine groups is 1. The van der Waals surface area contributed by atoms with Crippen LogP contribution >= 0.6 is 0 Å². The van der Waals surface area contributed by atoms with Crippen molar-refractivity contribution in [3.63, 3.8) is 0 Å². The number of nitrogens with zero attached hydrogens (tertiary/aromatic N) is 1. The number of hydrogen-bond acceptors (Lipinski definition) is 3. The van der Waals surface area contributed by atoms with E-state index in [0.717, 1.165) is 24.8 Å². The van der Waals surface area contributed by atoms with E-state index in [4.69, 9.17) is 10.5 Å². The minimum absolute atomic E-state index is 0.0954. The first-order chi connectivity index (χ1) is 13.6. The summed E-state index contributed by atoms with van der Waals surface area (Å²) < 4.78 is 5.27. The van der Waals surface area contributed by atoms with Crippen LogP contribution in [0.1, 0.15) is 57.4 Å². The first-order valence-corrected chi connectivity index (χ1v) is 10.5. The van der Waals surface area contributed by atoms with Gasteiger partial charge in [0.2, 0.25) is 0 Å². The molecule has 6 heteroatoms. The molecule has 0 bridgehead atoms. The number of ether oxygens (including phenoxy) is 1. The Morgan fingerprint density at radius 1 is 1.25 bits per heavy atom. The second-order valence-corrected chi connectivity index (χ2v) is 7.77. The number of hydrogen-bond donors (Lipinski definition) is 3. The molecule has 1 saturated carbocycles. The summed E-state index contributed by atoms with van der Waals surface area (Å²) in [5.41, 5.74) is 6.27. The Hall–Kier alpha value is -2.24. The van der Waals surface area contributed by atoms with Gasteiger partial charge in [-0.3, -0.25) is 9.79 Å². The normalized spacial score (nSPS) is 16.4. The molecule has 0 heterocycles. The molecule has 0 aliphatic heterocycles. The molecule has 0 spiro atoms. The van der Waals surface area contributed by atoms with E-state index in [1.54, 1.807) is 0 Å². The molecule has 6 nitrogen and oxygen atoms in total. The molecule has 1 aromatic rings.